The Balaban J connectivity index is 2.83. The largest absolute Gasteiger partial charge is 0.486 e. The number of nitrogens with one attached hydrogen (secondary N) is 1. The maximum absolute atomic E-state index is 6.15. The highest BCUT2D eigenvalue weighted by Gasteiger charge is 2.11. The van der Waals surface area contributed by atoms with E-state index in [9.17, 15) is 0 Å². The highest BCUT2D eigenvalue weighted by Crippen LogP contribution is 2.32. The van der Waals surface area contributed by atoms with Crippen LogP contribution in [-0.2, 0) is 6.54 Å². The molecule has 2 nitrogen and oxygen atoms in total. The Morgan fingerprint density at radius 3 is 2.63 bits per heavy atom. The lowest BCUT2D eigenvalue weighted by Crippen LogP contribution is -2.19. The van der Waals surface area contributed by atoms with Crippen molar-refractivity contribution in [3.8, 4) is 5.75 Å². The molecule has 0 aliphatic heterocycles. The zero-order valence-electron chi connectivity index (χ0n) is 11.1. The summed E-state index contributed by atoms with van der Waals surface area (Å²) >= 11 is 17.9. The molecule has 0 saturated heterocycles. The molecule has 0 spiro atoms. The smallest absolute Gasteiger partial charge is 0.143 e. The average molecular weight is 323 g/mol. The molecule has 0 aromatic heterocycles. The number of benzene rings is 1. The van der Waals surface area contributed by atoms with Gasteiger partial charge in [0.15, 0.2) is 0 Å². The normalized spacial score (nSPS) is 10.8. The molecule has 1 aromatic rings. The fourth-order valence-corrected chi connectivity index (χ4v) is 2.20. The summed E-state index contributed by atoms with van der Waals surface area (Å²) in [6.45, 7) is 9.65. The van der Waals surface area contributed by atoms with Crippen LogP contribution in [0.5, 0.6) is 5.75 Å². The molecule has 0 bridgehead atoms. The predicted octanol–water partition coefficient (Wildman–Crippen LogP) is 4.87. The molecule has 1 aromatic carbocycles. The SMILES string of the molecule is C=C(Cl)COc1c(Cl)cc(Cl)cc1CNCC(C)C. The van der Waals surface area contributed by atoms with Gasteiger partial charge in [0.25, 0.3) is 0 Å². The zero-order chi connectivity index (χ0) is 14.4. The second-order valence-electron chi connectivity index (χ2n) is 4.71. The molecule has 0 aliphatic carbocycles. The molecule has 0 heterocycles. The highest BCUT2D eigenvalue weighted by molar-refractivity contribution is 6.35. The summed E-state index contributed by atoms with van der Waals surface area (Å²) in [6.07, 6.45) is 0. The van der Waals surface area contributed by atoms with E-state index >= 15 is 0 Å². The molecule has 106 valence electrons. The van der Waals surface area contributed by atoms with Crippen molar-refractivity contribution in [1.29, 1.82) is 0 Å². The van der Waals surface area contributed by atoms with E-state index < -0.39 is 0 Å². The Bertz CT molecular complexity index is 447. The summed E-state index contributed by atoms with van der Waals surface area (Å²) in [7, 11) is 0. The molecular weight excluding hydrogens is 305 g/mol. The molecule has 0 unspecified atom stereocenters. The fourth-order valence-electron chi connectivity index (χ4n) is 1.55. The number of ether oxygens (including phenoxy) is 1. The first-order valence-electron chi connectivity index (χ1n) is 6.05. The van der Waals surface area contributed by atoms with Crippen LogP contribution in [0.3, 0.4) is 0 Å². The van der Waals surface area contributed by atoms with Crippen molar-refractivity contribution in [1.82, 2.24) is 5.32 Å². The lowest BCUT2D eigenvalue weighted by molar-refractivity contribution is 0.354. The number of halogens is 3. The Kier molecular flexibility index (Phi) is 7.01. The molecule has 19 heavy (non-hydrogen) atoms. The molecule has 0 fully saturated rings. The highest BCUT2D eigenvalue weighted by atomic mass is 35.5. The van der Waals surface area contributed by atoms with Gasteiger partial charge >= 0.3 is 0 Å². The van der Waals surface area contributed by atoms with Gasteiger partial charge in [-0.05, 0) is 24.6 Å². The summed E-state index contributed by atoms with van der Waals surface area (Å²) in [4.78, 5) is 0. The first kappa shape index (κ1) is 16.6. The van der Waals surface area contributed by atoms with Crippen molar-refractivity contribution >= 4 is 34.8 Å². The Morgan fingerprint density at radius 2 is 2.05 bits per heavy atom. The predicted molar refractivity (Wildman–Crippen MR) is 83.5 cm³/mol. The second-order valence-corrected chi connectivity index (χ2v) is 6.08. The zero-order valence-corrected chi connectivity index (χ0v) is 13.4. The summed E-state index contributed by atoms with van der Waals surface area (Å²) in [6, 6.07) is 3.49. The Morgan fingerprint density at radius 1 is 1.37 bits per heavy atom. The molecule has 0 saturated carbocycles. The van der Waals surface area contributed by atoms with E-state index in [0.717, 1.165) is 12.1 Å². The van der Waals surface area contributed by atoms with Crippen LogP contribution in [0, 0.1) is 5.92 Å². The van der Waals surface area contributed by atoms with Crippen molar-refractivity contribution in [3.63, 3.8) is 0 Å². The van der Waals surface area contributed by atoms with Gasteiger partial charge in [0.2, 0.25) is 0 Å². The van der Waals surface area contributed by atoms with Gasteiger partial charge in [-0.25, -0.2) is 0 Å². The van der Waals surface area contributed by atoms with Gasteiger partial charge in [0, 0.05) is 22.2 Å². The van der Waals surface area contributed by atoms with Gasteiger partial charge < -0.3 is 10.1 Å². The van der Waals surface area contributed by atoms with Gasteiger partial charge in [-0.15, -0.1) is 0 Å². The molecule has 1 rings (SSSR count). The lowest BCUT2D eigenvalue weighted by atomic mass is 10.1. The van der Waals surface area contributed by atoms with E-state index in [2.05, 4.69) is 25.7 Å². The minimum atomic E-state index is 0.222. The second kappa shape index (κ2) is 8.01. The minimum Gasteiger partial charge on any atom is -0.486 e. The van der Waals surface area contributed by atoms with Gasteiger partial charge in [-0.1, -0.05) is 55.2 Å². The summed E-state index contributed by atoms with van der Waals surface area (Å²) < 4.78 is 5.58. The van der Waals surface area contributed by atoms with Gasteiger partial charge in [0.05, 0.1) is 5.02 Å². The van der Waals surface area contributed by atoms with Crippen molar-refractivity contribution in [2.24, 2.45) is 5.92 Å². The third-order valence-electron chi connectivity index (χ3n) is 2.33. The van der Waals surface area contributed by atoms with Crippen molar-refractivity contribution in [2.45, 2.75) is 20.4 Å². The van der Waals surface area contributed by atoms with E-state index in [1.807, 2.05) is 6.07 Å². The number of rotatable bonds is 7. The molecule has 0 amide bonds. The molecule has 1 N–H and O–H groups in total. The first-order chi connectivity index (χ1) is 8.90. The fraction of sp³-hybridized carbons (Fsp3) is 0.429. The summed E-state index contributed by atoms with van der Waals surface area (Å²) in [5.74, 6) is 1.17. The molecule has 0 radical (unpaired) electrons. The molecule has 0 atom stereocenters. The Labute approximate surface area is 129 Å². The standard InChI is InChI=1S/C14H18Cl3NO/c1-9(2)6-18-7-11-4-12(16)5-13(17)14(11)19-8-10(3)15/h4-5,9,18H,3,6-8H2,1-2H3. The topological polar surface area (TPSA) is 21.3 Å². The Hall–Kier alpha value is -0.410. The molecule has 0 aliphatic rings. The van der Waals surface area contributed by atoms with Gasteiger partial charge in [-0.3, -0.25) is 0 Å². The first-order valence-corrected chi connectivity index (χ1v) is 7.18. The van der Waals surface area contributed by atoms with Crippen LogP contribution in [0.15, 0.2) is 23.7 Å². The van der Waals surface area contributed by atoms with Crippen LogP contribution < -0.4 is 10.1 Å². The van der Waals surface area contributed by atoms with Gasteiger partial charge in [-0.2, -0.15) is 0 Å². The third-order valence-corrected chi connectivity index (χ3v) is 2.93. The maximum atomic E-state index is 6.15. The maximum Gasteiger partial charge on any atom is 0.143 e. The number of hydrogen-bond acceptors (Lipinski definition) is 2. The van der Waals surface area contributed by atoms with E-state index in [4.69, 9.17) is 39.5 Å². The van der Waals surface area contributed by atoms with Crippen molar-refractivity contribution < 1.29 is 4.74 Å². The van der Waals surface area contributed by atoms with Crippen molar-refractivity contribution in [2.75, 3.05) is 13.2 Å². The molecule has 5 heteroatoms. The van der Waals surface area contributed by atoms with Crippen LogP contribution in [0.1, 0.15) is 19.4 Å². The monoisotopic (exact) mass is 321 g/mol. The van der Waals surface area contributed by atoms with E-state index in [-0.39, 0.29) is 6.61 Å². The van der Waals surface area contributed by atoms with Gasteiger partial charge in [0.1, 0.15) is 12.4 Å². The third kappa shape index (κ3) is 6.05. The molecular formula is C14H18Cl3NO. The average Bonchev–Trinajstić information content (AvgIpc) is 2.26. The van der Waals surface area contributed by atoms with Crippen LogP contribution in [0.4, 0.5) is 0 Å². The van der Waals surface area contributed by atoms with E-state index in [0.29, 0.717) is 33.3 Å². The van der Waals surface area contributed by atoms with E-state index in [1.165, 1.54) is 0 Å². The van der Waals surface area contributed by atoms with E-state index in [1.54, 1.807) is 6.07 Å². The van der Waals surface area contributed by atoms with Crippen LogP contribution in [0.2, 0.25) is 10.0 Å². The summed E-state index contributed by atoms with van der Waals surface area (Å²) in [5.41, 5.74) is 0.913. The lowest BCUT2D eigenvalue weighted by Gasteiger charge is -2.15. The quantitative estimate of drug-likeness (QED) is 0.773. The van der Waals surface area contributed by atoms with Crippen molar-refractivity contribution in [3.05, 3.63) is 39.4 Å². The minimum absolute atomic E-state index is 0.222. The van der Waals surface area contributed by atoms with Crippen LogP contribution in [-0.4, -0.2) is 13.2 Å². The van der Waals surface area contributed by atoms with Crippen LogP contribution >= 0.6 is 34.8 Å². The summed E-state index contributed by atoms with van der Waals surface area (Å²) in [5, 5.41) is 4.82. The number of hydrogen-bond donors (Lipinski definition) is 1. The van der Waals surface area contributed by atoms with Crippen LogP contribution in [0.25, 0.3) is 0 Å².